The predicted octanol–water partition coefficient (Wildman–Crippen LogP) is 4.78. The van der Waals surface area contributed by atoms with E-state index in [1.807, 2.05) is 0 Å². The first-order valence-corrected chi connectivity index (χ1v) is 10.3. The van der Waals surface area contributed by atoms with Crippen molar-refractivity contribution in [2.45, 2.75) is 64.2 Å². The van der Waals surface area contributed by atoms with Crippen LogP contribution in [0, 0.1) is 12.3 Å². The van der Waals surface area contributed by atoms with Gasteiger partial charge in [0.15, 0.2) is 0 Å². The molecule has 0 bridgehead atoms. The Morgan fingerprint density at radius 1 is 1.12 bits per heavy atom. The predicted molar refractivity (Wildman–Crippen MR) is 106 cm³/mol. The van der Waals surface area contributed by atoms with Gasteiger partial charge in [-0.15, -0.1) is 16.7 Å². The van der Waals surface area contributed by atoms with Gasteiger partial charge in [-0.05, 0) is 31.9 Å². The maximum absolute atomic E-state index is 5.90. The third-order valence-corrected chi connectivity index (χ3v) is 5.07. The van der Waals surface area contributed by atoms with Crippen LogP contribution >= 0.6 is 11.7 Å². The molecule has 0 aromatic carbocycles. The molecule has 0 saturated carbocycles. The summed E-state index contributed by atoms with van der Waals surface area (Å²) in [5, 5.41) is 0. The highest BCUT2D eigenvalue weighted by molar-refractivity contribution is 6.99. The van der Waals surface area contributed by atoms with Crippen molar-refractivity contribution in [3.8, 4) is 18.2 Å². The van der Waals surface area contributed by atoms with Crippen molar-refractivity contribution in [2.24, 2.45) is 0 Å². The van der Waals surface area contributed by atoms with Crippen LogP contribution < -0.4 is 4.74 Å². The maximum Gasteiger partial charge on any atom is 0.253 e. The molecule has 0 radical (unpaired) electrons. The smallest absolute Gasteiger partial charge is 0.253 e. The molecule has 1 aliphatic heterocycles. The number of ether oxygens (including phenoxy) is 1. The fraction of sp³-hybridized carbons (Fsp3) is 0.700. The maximum atomic E-state index is 5.90. The summed E-state index contributed by atoms with van der Waals surface area (Å²) >= 11 is 1.25. The molecule has 0 spiro atoms. The topological polar surface area (TPSA) is 38.3 Å². The molecular weight excluding hydrogens is 330 g/mol. The van der Waals surface area contributed by atoms with Gasteiger partial charge < -0.3 is 9.64 Å². The minimum Gasteiger partial charge on any atom is -0.475 e. The summed E-state index contributed by atoms with van der Waals surface area (Å²) in [7, 11) is 2.14. The standard InChI is InChI=1S/C20H31N3OS/c1-3-4-5-6-7-8-9-10-11-12-16-24-20-19(21-25-22-20)18-14-13-15-23(2)17-18/h1,14H,4-13,15-17H2,2H3. The molecule has 25 heavy (non-hydrogen) atoms. The summed E-state index contributed by atoms with van der Waals surface area (Å²) in [5.41, 5.74) is 2.20. The van der Waals surface area contributed by atoms with E-state index in [1.54, 1.807) is 0 Å². The lowest BCUT2D eigenvalue weighted by atomic mass is 10.1. The zero-order valence-electron chi connectivity index (χ0n) is 15.5. The molecule has 4 nitrogen and oxygen atoms in total. The highest BCUT2D eigenvalue weighted by Gasteiger charge is 2.18. The van der Waals surface area contributed by atoms with E-state index < -0.39 is 0 Å². The van der Waals surface area contributed by atoms with Crippen LogP contribution in [0.1, 0.15) is 69.9 Å². The normalized spacial score (nSPS) is 15.0. The van der Waals surface area contributed by atoms with Crippen molar-refractivity contribution < 1.29 is 4.74 Å². The van der Waals surface area contributed by atoms with E-state index >= 15 is 0 Å². The average Bonchev–Trinajstić information content (AvgIpc) is 3.08. The third kappa shape index (κ3) is 7.58. The summed E-state index contributed by atoms with van der Waals surface area (Å²) in [6.45, 7) is 2.79. The Morgan fingerprint density at radius 3 is 2.56 bits per heavy atom. The number of hydrogen-bond acceptors (Lipinski definition) is 5. The Labute approximate surface area is 157 Å². The summed E-state index contributed by atoms with van der Waals surface area (Å²) in [6.07, 6.45) is 19.6. The molecule has 0 saturated heterocycles. The van der Waals surface area contributed by atoms with Crippen molar-refractivity contribution in [2.75, 3.05) is 26.7 Å². The molecule has 1 aromatic heterocycles. The average molecular weight is 362 g/mol. The summed E-state index contributed by atoms with van der Waals surface area (Å²) < 4.78 is 14.7. The zero-order valence-corrected chi connectivity index (χ0v) is 16.3. The minimum atomic E-state index is 0.722. The lowest BCUT2D eigenvalue weighted by molar-refractivity contribution is 0.294. The number of unbranched alkanes of at least 4 members (excludes halogenated alkanes) is 8. The summed E-state index contributed by atoms with van der Waals surface area (Å²) in [4.78, 5) is 2.31. The van der Waals surface area contributed by atoms with Crippen molar-refractivity contribution in [3.05, 3.63) is 11.8 Å². The molecule has 2 heterocycles. The van der Waals surface area contributed by atoms with E-state index in [-0.39, 0.29) is 0 Å². The van der Waals surface area contributed by atoms with Crippen LogP contribution in [-0.2, 0) is 0 Å². The molecule has 5 heteroatoms. The van der Waals surface area contributed by atoms with Gasteiger partial charge in [-0.1, -0.05) is 44.6 Å². The molecule has 0 fully saturated rings. The molecule has 0 aliphatic carbocycles. The number of terminal acetylenes is 1. The molecule has 0 N–H and O–H groups in total. The second-order valence-corrected chi connectivity index (χ2v) is 7.33. The van der Waals surface area contributed by atoms with Crippen LogP contribution in [-0.4, -0.2) is 40.4 Å². The van der Waals surface area contributed by atoms with Crippen LogP contribution in [0.4, 0.5) is 0 Å². The Balaban J connectivity index is 1.55. The Morgan fingerprint density at radius 2 is 1.84 bits per heavy atom. The van der Waals surface area contributed by atoms with Crippen molar-refractivity contribution in [1.29, 1.82) is 0 Å². The Kier molecular flexibility index (Phi) is 9.61. The fourth-order valence-corrected chi connectivity index (χ4v) is 3.63. The van der Waals surface area contributed by atoms with E-state index in [2.05, 4.69) is 32.7 Å². The van der Waals surface area contributed by atoms with Crippen molar-refractivity contribution in [3.63, 3.8) is 0 Å². The molecule has 0 amide bonds. The van der Waals surface area contributed by atoms with Crippen molar-refractivity contribution >= 4 is 17.3 Å². The van der Waals surface area contributed by atoms with Crippen LogP contribution in [0.5, 0.6) is 5.88 Å². The van der Waals surface area contributed by atoms with Gasteiger partial charge in [0, 0.05) is 19.5 Å². The number of nitrogens with zero attached hydrogens (tertiary/aromatic N) is 3. The molecular formula is C20H31N3OS. The van der Waals surface area contributed by atoms with Gasteiger partial charge in [-0.25, -0.2) is 0 Å². The number of hydrogen-bond donors (Lipinski definition) is 0. The van der Waals surface area contributed by atoms with E-state index in [1.165, 1.54) is 62.2 Å². The molecule has 0 atom stereocenters. The highest BCUT2D eigenvalue weighted by atomic mass is 32.1. The number of aromatic nitrogens is 2. The van der Waals surface area contributed by atoms with Crippen LogP contribution in [0.15, 0.2) is 6.08 Å². The first kappa shape index (κ1) is 19.9. The third-order valence-electron chi connectivity index (χ3n) is 4.56. The van der Waals surface area contributed by atoms with E-state index in [4.69, 9.17) is 11.2 Å². The van der Waals surface area contributed by atoms with Crippen LogP contribution in [0.2, 0.25) is 0 Å². The largest absolute Gasteiger partial charge is 0.475 e. The SMILES string of the molecule is C#CCCCCCCCCCCOc1nsnc1C1=CCCN(C)C1. The second-order valence-electron chi connectivity index (χ2n) is 6.80. The van der Waals surface area contributed by atoms with E-state index in [9.17, 15) is 0 Å². The summed E-state index contributed by atoms with van der Waals surface area (Å²) in [5.74, 6) is 3.43. The van der Waals surface area contributed by atoms with Gasteiger partial charge in [0.2, 0.25) is 0 Å². The molecule has 0 unspecified atom stereocenters. The number of likely N-dealkylation sites (N-methyl/N-ethyl adjacent to an activating group) is 1. The minimum absolute atomic E-state index is 0.722. The molecule has 1 aromatic rings. The van der Waals surface area contributed by atoms with Crippen LogP contribution in [0.3, 0.4) is 0 Å². The first-order chi connectivity index (χ1) is 12.3. The van der Waals surface area contributed by atoms with Crippen molar-refractivity contribution in [1.82, 2.24) is 13.6 Å². The van der Waals surface area contributed by atoms with Gasteiger partial charge in [-0.2, -0.15) is 4.37 Å². The zero-order chi connectivity index (χ0) is 17.7. The Hall–Kier alpha value is -1.38. The lowest BCUT2D eigenvalue weighted by Gasteiger charge is -2.22. The monoisotopic (exact) mass is 361 g/mol. The highest BCUT2D eigenvalue weighted by Crippen LogP contribution is 2.27. The van der Waals surface area contributed by atoms with E-state index in [0.29, 0.717) is 0 Å². The molecule has 2 rings (SSSR count). The summed E-state index contributed by atoms with van der Waals surface area (Å²) in [6, 6.07) is 0. The van der Waals surface area contributed by atoms with Gasteiger partial charge in [0.1, 0.15) is 5.69 Å². The van der Waals surface area contributed by atoms with Gasteiger partial charge >= 0.3 is 0 Å². The molecule has 1 aliphatic rings. The van der Waals surface area contributed by atoms with Gasteiger partial charge in [0.05, 0.1) is 18.3 Å². The van der Waals surface area contributed by atoms with Crippen LogP contribution in [0.25, 0.3) is 5.57 Å². The van der Waals surface area contributed by atoms with E-state index in [0.717, 1.165) is 50.5 Å². The van der Waals surface area contributed by atoms with Gasteiger partial charge in [0.25, 0.3) is 5.88 Å². The fourth-order valence-electron chi connectivity index (χ4n) is 3.10. The first-order valence-electron chi connectivity index (χ1n) is 9.58. The number of rotatable bonds is 12. The molecule has 138 valence electrons. The Bertz CT molecular complexity index is 562. The van der Waals surface area contributed by atoms with Gasteiger partial charge in [-0.3, -0.25) is 0 Å². The quantitative estimate of drug-likeness (QED) is 0.397. The second kappa shape index (κ2) is 12.1. The lowest BCUT2D eigenvalue weighted by Crippen LogP contribution is -2.25.